The summed E-state index contributed by atoms with van der Waals surface area (Å²) in [7, 11) is 5.86. The first kappa shape index (κ1) is 15.8. The summed E-state index contributed by atoms with van der Waals surface area (Å²) in [6.07, 6.45) is 3.78. The highest BCUT2D eigenvalue weighted by atomic mass is 16.5. The van der Waals surface area contributed by atoms with Gasteiger partial charge in [0.2, 0.25) is 17.8 Å². The number of ether oxygens (including phenoxy) is 1. The first-order chi connectivity index (χ1) is 10.1. The van der Waals surface area contributed by atoms with Crippen molar-refractivity contribution in [3.8, 4) is 0 Å². The Morgan fingerprint density at radius 1 is 1.14 bits per heavy atom. The molecule has 1 unspecified atom stereocenters. The Labute approximate surface area is 126 Å². The van der Waals surface area contributed by atoms with Gasteiger partial charge in [0.15, 0.2) is 0 Å². The first-order valence-electron chi connectivity index (χ1n) is 7.60. The Bertz CT molecular complexity index is 447. The Hall–Kier alpha value is -1.63. The second-order valence-corrected chi connectivity index (χ2v) is 5.55. The molecule has 0 bridgehead atoms. The number of nitrogens with zero attached hydrogens (tertiary/aromatic N) is 5. The highest BCUT2D eigenvalue weighted by molar-refractivity contribution is 5.44. The van der Waals surface area contributed by atoms with Crippen LogP contribution in [0.3, 0.4) is 0 Å². The van der Waals surface area contributed by atoms with E-state index < -0.39 is 0 Å². The lowest BCUT2D eigenvalue weighted by molar-refractivity contribution is 0.0214. The van der Waals surface area contributed by atoms with Crippen LogP contribution in [0.2, 0.25) is 0 Å². The summed E-state index contributed by atoms with van der Waals surface area (Å²) >= 11 is 0. The molecule has 2 rings (SSSR count). The molecule has 0 spiro atoms. The van der Waals surface area contributed by atoms with Gasteiger partial charge in [-0.05, 0) is 26.2 Å². The van der Waals surface area contributed by atoms with Crippen molar-refractivity contribution in [2.75, 3.05) is 56.0 Å². The predicted octanol–water partition coefficient (Wildman–Crippen LogP) is 1.37. The van der Waals surface area contributed by atoms with Crippen LogP contribution in [-0.4, -0.2) is 61.9 Å². The molecule has 7 heteroatoms. The standard InChI is InChI=1S/C14H26N6O/c1-5-15-12-16-13(19(2)3)18-14(17-12)20(4)10-11-8-6-7-9-21-11/h11H,5-10H2,1-4H3,(H,15,16,17,18). The van der Waals surface area contributed by atoms with Gasteiger partial charge in [0.05, 0.1) is 6.10 Å². The molecule has 118 valence electrons. The smallest absolute Gasteiger partial charge is 0.231 e. The highest BCUT2D eigenvalue weighted by Gasteiger charge is 2.18. The van der Waals surface area contributed by atoms with Crippen molar-refractivity contribution in [3.63, 3.8) is 0 Å². The minimum Gasteiger partial charge on any atom is -0.376 e. The van der Waals surface area contributed by atoms with Gasteiger partial charge >= 0.3 is 0 Å². The van der Waals surface area contributed by atoms with E-state index in [1.54, 1.807) is 0 Å². The second-order valence-electron chi connectivity index (χ2n) is 5.55. The van der Waals surface area contributed by atoms with Crippen molar-refractivity contribution in [2.24, 2.45) is 0 Å². The predicted molar refractivity (Wildman–Crippen MR) is 85.2 cm³/mol. The van der Waals surface area contributed by atoms with E-state index in [1.807, 2.05) is 37.9 Å². The van der Waals surface area contributed by atoms with Gasteiger partial charge in [0.25, 0.3) is 0 Å². The van der Waals surface area contributed by atoms with Crippen LogP contribution in [0.25, 0.3) is 0 Å². The van der Waals surface area contributed by atoms with E-state index in [0.29, 0.717) is 17.8 Å². The monoisotopic (exact) mass is 294 g/mol. The van der Waals surface area contributed by atoms with Crippen molar-refractivity contribution in [1.82, 2.24) is 15.0 Å². The quantitative estimate of drug-likeness (QED) is 0.850. The number of nitrogens with one attached hydrogen (secondary N) is 1. The average molecular weight is 294 g/mol. The first-order valence-corrected chi connectivity index (χ1v) is 7.60. The van der Waals surface area contributed by atoms with E-state index >= 15 is 0 Å². The summed E-state index contributed by atoms with van der Waals surface area (Å²) in [5, 5.41) is 3.15. The van der Waals surface area contributed by atoms with Gasteiger partial charge in [-0.2, -0.15) is 15.0 Å². The fourth-order valence-electron chi connectivity index (χ4n) is 2.30. The lowest BCUT2D eigenvalue weighted by Gasteiger charge is -2.27. The van der Waals surface area contributed by atoms with Gasteiger partial charge < -0.3 is 19.9 Å². The van der Waals surface area contributed by atoms with Gasteiger partial charge in [-0.1, -0.05) is 0 Å². The molecule has 1 atom stereocenters. The average Bonchev–Trinajstić information content (AvgIpc) is 2.48. The van der Waals surface area contributed by atoms with Crippen LogP contribution in [0.15, 0.2) is 0 Å². The topological polar surface area (TPSA) is 66.4 Å². The van der Waals surface area contributed by atoms with E-state index in [-0.39, 0.29) is 6.10 Å². The van der Waals surface area contributed by atoms with Crippen LogP contribution in [0.4, 0.5) is 17.8 Å². The zero-order chi connectivity index (χ0) is 15.2. The lowest BCUT2D eigenvalue weighted by Crippen LogP contribution is -2.34. The molecule has 2 heterocycles. The molecule has 0 radical (unpaired) electrons. The summed E-state index contributed by atoms with van der Waals surface area (Å²) in [4.78, 5) is 17.3. The lowest BCUT2D eigenvalue weighted by atomic mass is 10.1. The molecule has 1 saturated heterocycles. The third kappa shape index (κ3) is 4.42. The molecule has 0 amide bonds. The zero-order valence-corrected chi connectivity index (χ0v) is 13.5. The number of anilines is 3. The number of hydrogen-bond acceptors (Lipinski definition) is 7. The van der Waals surface area contributed by atoms with Crippen LogP contribution in [0, 0.1) is 0 Å². The van der Waals surface area contributed by atoms with Gasteiger partial charge in [0, 0.05) is 40.8 Å². The highest BCUT2D eigenvalue weighted by Crippen LogP contribution is 2.18. The minimum atomic E-state index is 0.269. The van der Waals surface area contributed by atoms with Crippen LogP contribution in [0.5, 0.6) is 0 Å². The van der Waals surface area contributed by atoms with E-state index in [0.717, 1.165) is 26.1 Å². The molecule has 0 aromatic carbocycles. The van der Waals surface area contributed by atoms with Gasteiger partial charge in [-0.25, -0.2) is 0 Å². The van der Waals surface area contributed by atoms with Gasteiger partial charge in [-0.15, -0.1) is 0 Å². The molecule has 1 aromatic rings. The maximum Gasteiger partial charge on any atom is 0.231 e. The van der Waals surface area contributed by atoms with E-state index in [4.69, 9.17) is 4.74 Å². The molecule has 1 aliphatic rings. The zero-order valence-electron chi connectivity index (χ0n) is 13.5. The second kappa shape index (κ2) is 7.40. The van der Waals surface area contributed by atoms with E-state index in [9.17, 15) is 0 Å². The molecule has 0 aliphatic carbocycles. The number of aromatic nitrogens is 3. The van der Waals surface area contributed by atoms with Crippen LogP contribution >= 0.6 is 0 Å². The third-order valence-electron chi connectivity index (χ3n) is 3.44. The van der Waals surface area contributed by atoms with Crippen molar-refractivity contribution in [2.45, 2.75) is 32.3 Å². The minimum absolute atomic E-state index is 0.269. The van der Waals surface area contributed by atoms with Gasteiger partial charge in [0.1, 0.15) is 0 Å². The molecule has 1 fully saturated rings. The van der Waals surface area contributed by atoms with Crippen molar-refractivity contribution >= 4 is 17.8 Å². The summed E-state index contributed by atoms with van der Waals surface area (Å²) in [6.45, 7) is 4.48. The Kier molecular flexibility index (Phi) is 5.55. The summed E-state index contributed by atoms with van der Waals surface area (Å²) < 4.78 is 5.79. The molecule has 1 aliphatic heterocycles. The van der Waals surface area contributed by atoms with Crippen LogP contribution in [0.1, 0.15) is 26.2 Å². The van der Waals surface area contributed by atoms with Crippen molar-refractivity contribution in [3.05, 3.63) is 0 Å². The number of likely N-dealkylation sites (N-methyl/N-ethyl adjacent to an activating group) is 1. The largest absolute Gasteiger partial charge is 0.376 e. The maximum atomic E-state index is 5.79. The van der Waals surface area contributed by atoms with E-state index in [2.05, 4.69) is 20.3 Å². The summed E-state index contributed by atoms with van der Waals surface area (Å²) in [5.74, 6) is 1.95. The molecular formula is C14H26N6O. The fourth-order valence-corrected chi connectivity index (χ4v) is 2.30. The number of rotatable bonds is 6. The fraction of sp³-hybridized carbons (Fsp3) is 0.786. The molecular weight excluding hydrogens is 268 g/mol. The molecule has 1 N–H and O–H groups in total. The Morgan fingerprint density at radius 3 is 2.52 bits per heavy atom. The molecule has 1 aromatic heterocycles. The normalized spacial score (nSPS) is 18.4. The van der Waals surface area contributed by atoms with Crippen molar-refractivity contribution < 1.29 is 4.74 Å². The van der Waals surface area contributed by atoms with Crippen LogP contribution in [-0.2, 0) is 4.74 Å². The Morgan fingerprint density at radius 2 is 1.90 bits per heavy atom. The molecule has 0 saturated carbocycles. The summed E-state index contributed by atoms with van der Waals surface area (Å²) in [5.41, 5.74) is 0. The Balaban J connectivity index is 2.12. The van der Waals surface area contributed by atoms with Gasteiger partial charge in [-0.3, -0.25) is 0 Å². The summed E-state index contributed by atoms with van der Waals surface area (Å²) in [6, 6.07) is 0. The SMILES string of the molecule is CCNc1nc(N(C)C)nc(N(C)CC2CCCCO2)n1. The maximum absolute atomic E-state index is 5.79. The van der Waals surface area contributed by atoms with Crippen molar-refractivity contribution in [1.29, 1.82) is 0 Å². The number of hydrogen-bond donors (Lipinski definition) is 1. The van der Waals surface area contributed by atoms with Crippen LogP contribution < -0.4 is 15.1 Å². The van der Waals surface area contributed by atoms with E-state index in [1.165, 1.54) is 12.8 Å². The third-order valence-corrected chi connectivity index (χ3v) is 3.44. The molecule has 21 heavy (non-hydrogen) atoms. The molecule has 7 nitrogen and oxygen atoms in total.